The summed E-state index contributed by atoms with van der Waals surface area (Å²) < 4.78 is 0. The number of nitrogens with zero attached hydrogens (tertiary/aromatic N) is 1. The molecule has 0 atom stereocenters. The molecule has 0 N–H and O–H groups in total. The van der Waals surface area contributed by atoms with Gasteiger partial charge in [-0.3, -0.25) is 0 Å². The van der Waals surface area contributed by atoms with E-state index < -0.39 is 5.41 Å². The number of hydrogen-bond donors (Lipinski definition) is 0. The highest BCUT2D eigenvalue weighted by atomic mass is 35.5. The van der Waals surface area contributed by atoms with Crippen molar-refractivity contribution in [3.63, 3.8) is 0 Å². The van der Waals surface area contributed by atoms with E-state index in [1.807, 2.05) is 12.1 Å². The monoisotopic (exact) mass is 269 g/mol. The van der Waals surface area contributed by atoms with E-state index in [0.717, 1.165) is 31.2 Å². The smallest absolute Gasteiger partial charge is 0.0822 e. The Morgan fingerprint density at radius 3 is 2.12 bits per heavy atom. The van der Waals surface area contributed by atoms with Crippen LogP contribution in [0.5, 0.6) is 0 Å². The lowest BCUT2D eigenvalue weighted by atomic mass is 9.75. The summed E-state index contributed by atoms with van der Waals surface area (Å²) in [6.45, 7) is 4.19. The molecule has 0 unspecified atom stereocenters. The highest BCUT2D eigenvalue weighted by molar-refractivity contribution is 6.42. The fourth-order valence-corrected chi connectivity index (χ4v) is 2.54. The first-order valence-electron chi connectivity index (χ1n) is 5.96. The molecule has 0 fully saturated rings. The minimum absolute atomic E-state index is 0.419. The van der Waals surface area contributed by atoms with Gasteiger partial charge in [-0.1, -0.05) is 56.0 Å². The van der Waals surface area contributed by atoms with Gasteiger partial charge in [-0.15, -0.1) is 0 Å². The normalized spacial score (nSPS) is 11.2. The number of benzene rings is 1. The largest absolute Gasteiger partial charge is 0.197 e. The maximum atomic E-state index is 9.53. The van der Waals surface area contributed by atoms with Crippen LogP contribution < -0.4 is 0 Å². The van der Waals surface area contributed by atoms with Gasteiger partial charge in [-0.05, 0) is 30.5 Å². The Labute approximate surface area is 113 Å². The first kappa shape index (κ1) is 14.4. The molecule has 1 nitrogen and oxygen atoms in total. The third-order valence-electron chi connectivity index (χ3n) is 3.04. The van der Waals surface area contributed by atoms with Crippen molar-refractivity contribution in [2.45, 2.75) is 44.9 Å². The molecule has 0 aliphatic carbocycles. The predicted molar refractivity (Wildman–Crippen MR) is 73.6 cm³/mol. The van der Waals surface area contributed by atoms with E-state index in [0.29, 0.717) is 10.0 Å². The second-order valence-corrected chi connectivity index (χ2v) is 5.14. The van der Waals surface area contributed by atoms with E-state index in [2.05, 4.69) is 19.9 Å². The molecule has 92 valence electrons. The van der Waals surface area contributed by atoms with Crippen LogP contribution in [0, 0.1) is 11.3 Å². The number of halogens is 2. The fraction of sp³-hybridized carbons (Fsp3) is 0.500. The topological polar surface area (TPSA) is 23.8 Å². The van der Waals surface area contributed by atoms with Crippen LogP contribution in [0.2, 0.25) is 10.0 Å². The van der Waals surface area contributed by atoms with Crippen molar-refractivity contribution < 1.29 is 0 Å². The van der Waals surface area contributed by atoms with E-state index in [1.165, 1.54) is 0 Å². The van der Waals surface area contributed by atoms with Crippen LogP contribution in [0.1, 0.15) is 45.1 Å². The van der Waals surface area contributed by atoms with Gasteiger partial charge in [0, 0.05) is 0 Å². The zero-order valence-corrected chi connectivity index (χ0v) is 11.8. The van der Waals surface area contributed by atoms with E-state index >= 15 is 0 Å². The van der Waals surface area contributed by atoms with E-state index in [1.54, 1.807) is 6.07 Å². The van der Waals surface area contributed by atoms with Gasteiger partial charge in [0.05, 0.1) is 21.5 Å². The molecule has 0 amide bonds. The summed E-state index contributed by atoms with van der Waals surface area (Å²) in [6.07, 6.45) is 3.67. The van der Waals surface area contributed by atoms with Crippen LogP contribution in [-0.4, -0.2) is 0 Å². The average Bonchev–Trinajstić information content (AvgIpc) is 2.32. The second-order valence-electron chi connectivity index (χ2n) is 4.32. The van der Waals surface area contributed by atoms with Gasteiger partial charge >= 0.3 is 0 Å². The van der Waals surface area contributed by atoms with Crippen LogP contribution in [0.4, 0.5) is 0 Å². The molecule has 0 bridgehead atoms. The Balaban J connectivity index is 3.21. The molecule has 1 aromatic rings. The summed E-state index contributed by atoms with van der Waals surface area (Å²) in [5, 5.41) is 10.6. The highest BCUT2D eigenvalue weighted by Gasteiger charge is 2.30. The molecule has 1 rings (SSSR count). The Bertz CT molecular complexity index is 415. The van der Waals surface area contributed by atoms with Crippen molar-refractivity contribution in [1.29, 1.82) is 5.26 Å². The van der Waals surface area contributed by atoms with Crippen molar-refractivity contribution in [2.75, 3.05) is 0 Å². The minimum atomic E-state index is -0.419. The lowest BCUT2D eigenvalue weighted by Gasteiger charge is -2.26. The van der Waals surface area contributed by atoms with Crippen LogP contribution >= 0.6 is 23.2 Å². The number of rotatable bonds is 5. The van der Waals surface area contributed by atoms with Crippen molar-refractivity contribution in [3.05, 3.63) is 33.8 Å². The molecule has 0 radical (unpaired) electrons. The quantitative estimate of drug-likeness (QED) is 0.707. The Kier molecular flexibility index (Phi) is 5.31. The minimum Gasteiger partial charge on any atom is -0.197 e. The Morgan fingerprint density at radius 1 is 1.12 bits per heavy atom. The second kappa shape index (κ2) is 6.28. The van der Waals surface area contributed by atoms with Gasteiger partial charge in [0.15, 0.2) is 0 Å². The summed E-state index contributed by atoms with van der Waals surface area (Å²) in [4.78, 5) is 0. The molecule has 1 aromatic carbocycles. The van der Waals surface area contributed by atoms with Crippen LogP contribution in [0.15, 0.2) is 18.2 Å². The third kappa shape index (κ3) is 3.15. The lowest BCUT2D eigenvalue weighted by Crippen LogP contribution is -2.23. The first-order chi connectivity index (χ1) is 8.09. The highest BCUT2D eigenvalue weighted by Crippen LogP contribution is 2.36. The van der Waals surface area contributed by atoms with Crippen molar-refractivity contribution in [2.24, 2.45) is 0 Å². The van der Waals surface area contributed by atoms with Gasteiger partial charge in [0.2, 0.25) is 0 Å². The summed E-state index contributed by atoms with van der Waals surface area (Å²) in [5.41, 5.74) is 0.565. The van der Waals surface area contributed by atoms with Crippen LogP contribution in [-0.2, 0) is 5.41 Å². The molecule has 17 heavy (non-hydrogen) atoms. The van der Waals surface area contributed by atoms with Crippen molar-refractivity contribution in [1.82, 2.24) is 0 Å². The van der Waals surface area contributed by atoms with Gasteiger partial charge in [0.1, 0.15) is 0 Å². The molecule has 0 aliphatic rings. The van der Waals surface area contributed by atoms with Crippen LogP contribution in [0.3, 0.4) is 0 Å². The first-order valence-corrected chi connectivity index (χ1v) is 6.72. The molecule has 0 aromatic heterocycles. The summed E-state index contributed by atoms with van der Waals surface area (Å²) in [7, 11) is 0. The Hall–Kier alpha value is -0.710. The maximum Gasteiger partial charge on any atom is 0.0822 e. The van der Waals surface area contributed by atoms with E-state index in [4.69, 9.17) is 23.2 Å². The predicted octanol–water partition coefficient (Wildman–Crippen LogP) is 5.35. The molecule has 3 heteroatoms. The van der Waals surface area contributed by atoms with Crippen molar-refractivity contribution in [3.8, 4) is 6.07 Å². The average molecular weight is 270 g/mol. The summed E-state index contributed by atoms with van der Waals surface area (Å²) in [5.74, 6) is 0. The zero-order chi connectivity index (χ0) is 12.9. The maximum absolute atomic E-state index is 9.53. The molecule has 0 saturated carbocycles. The van der Waals surface area contributed by atoms with Gasteiger partial charge in [0.25, 0.3) is 0 Å². The lowest BCUT2D eigenvalue weighted by molar-refractivity contribution is 0.453. The van der Waals surface area contributed by atoms with E-state index in [9.17, 15) is 5.26 Å². The summed E-state index contributed by atoms with van der Waals surface area (Å²) >= 11 is 11.9. The summed E-state index contributed by atoms with van der Waals surface area (Å²) in [6, 6.07) is 8.00. The number of hydrogen-bond acceptors (Lipinski definition) is 1. The SMILES string of the molecule is CCCC(C#N)(CCC)c1ccc(Cl)c(Cl)c1. The van der Waals surface area contributed by atoms with Crippen LogP contribution in [0.25, 0.3) is 0 Å². The van der Waals surface area contributed by atoms with Gasteiger partial charge in [-0.25, -0.2) is 0 Å². The molecular formula is C14H17Cl2N. The third-order valence-corrected chi connectivity index (χ3v) is 3.78. The molecule has 0 saturated heterocycles. The molecule has 0 aliphatic heterocycles. The van der Waals surface area contributed by atoms with Gasteiger partial charge < -0.3 is 0 Å². The zero-order valence-electron chi connectivity index (χ0n) is 10.3. The number of nitriles is 1. The van der Waals surface area contributed by atoms with E-state index in [-0.39, 0.29) is 0 Å². The molecule has 0 heterocycles. The standard InChI is InChI=1S/C14H17Cl2N/c1-3-7-14(10-17,8-4-2)11-5-6-12(15)13(16)9-11/h5-6,9H,3-4,7-8H2,1-2H3. The van der Waals surface area contributed by atoms with Crippen molar-refractivity contribution >= 4 is 23.2 Å². The fourth-order valence-electron chi connectivity index (χ4n) is 2.24. The molecular weight excluding hydrogens is 253 g/mol. The molecule has 0 spiro atoms. The van der Waals surface area contributed by atoms with Gasteiger partial charge in [-0.2, -0.15) is 5.26 Å². The Morgan fingerprint density at radius 2 is 1.71 bits per heavy atom.